The van der Waals surface area contributed by atoms with Crippen LogP contribution in [-0.4, -0.2) is 49.9 Å². The molecule has 1 saturated carbocycles. The van der Waals surface area contributed by atoms with Crippen LogP contribution in [0.2, 0.25) is 30.7 Å². The van der Waals surface area contributed by atoms with Crippen LogP contribution in [0.1, 0.15) is 24.7 Å². The van der Waals surface area contributed by atoms with Crippen LogP contribution >= 0.6 is 11.6 Å². The minimum atomic E-state index is -2.62. The first-order chi connectivity index (χ1) is 19.5. The maximum absolute atomic E-state index is 13.3. The van der Waals surface area contributed by atoms with Gasteiger partial charge in [0, 0.05) is 45.3 Å². The third kappa shape index (κ3) is 5.84. The maximum Gasteiger partial charge on any atom is 0.252 e. The molecule has 12 heteroatoms. The van der Waals surface area contributed by atoms with Crippen molar-refractivity contribution in [1.82, 2.24) is 29.3 Å². The Labute approximate surface area is 242 Å². The Balaban J connectivity index is 1.23. The molecule has 2 aromatic carbocycles. The fraction of sp³-hybridized carbons (Fsp3) is 0.379. The Kier molecular flexibility index (Phi) is 7.07. The number of nitrogens with zero attached hydrogens (tertiary/aromatic N) is 6. The molecule has 1 fully saturated rings. The molecule has 0 bridgehead atoms. The Hall–Kier alpha value is -3.41. The summed E-state index contributed by atoms with van der Waals surface area (Å²) in [6, 6.07) is 10.0. The number of benzene rings is 2. The molecule has 0 atom stereocenters. The molecule has 0 radical (unpaired) electrons. The molecule has 0 saturated heterocycles. The van der Waals surface area contributed by atoms with E-state index in [-0.39, 0.29) is 18.9 Å². The zero-order chi connectivity index (χ0) is 28.9. The van der Waals surface area contributed by atoms with Gasteiger partial charge in [-0.15, -0.1) is 0 Å². The van der Waals surface area contributed by atoms with Gasteiger partial charge in [-0.2, -0.15) is 5.10 Å². The summed E-state index contributed by atoms with van der Waals surface area (Å²) in [5.74, 6) is -0.713. The van der Waals surface area contributed by atoms with Gasteiger partial charge in [0.15, 0.2) is 0 Å². The van der Waals surface area contributed by atoms with Crippen LogP contribution in [0, 0.1) is 6.92 Å². The van der Waals surface area contributed by atoms with E-state index in [4.69, 9.17) is 26.1 Å². The van der Waals surface area contributed by atoms with E-state index in [0.29, 0.717) is 45.5 Å². The van der Waals surface area contributed by atoms with E-state index in [1.807, 2.05) is 29.7 Å². The van der Waals surface area contributed by atoms with Crippen molar-refractivity contribution in [2.45, 2.75) is 64.1 Å². The number of ether oxygens (including phenoxy) is 2. The lowest BCUT2D eigenvalue weighted by molar-refractivity contribution is -0.106. The quantitative estimate of drug-likeness (QED) is 0.127. The minimum Gasteiger partial charge on any atom is -0.456 e. The van der Waals surface area contributed by atoms with E-state index in [2.05, 4.69) is 34.7 Å². The third-order valence-corrected chi connectivity index (χ3v) is 9.38. The van der Waals surface area contributed by atoms with Gasteiger partial charge in [-0.3, -0.25) is 9.67 Å². The number of hydrogen-bond donors (Lipinski definition) is 0. The van der Waals surface area contributed by atoms with Crippen LogP contribution in [0.3, 0.4) is 0 Å². The Morgan fingerprint density at radius 1 is 1.07 bits per heavy atom. The van der Waals surface area contributed by atoms with E-state index < -0.39 is 14.0 Å². The molecule has 0 aliphatic heterocycles. The van der Waals surface area contributed by atoms with Crippen molar-refractivity contribution in [2.75, 3.05) is 6.61 Å². The van der Waals surface area contributed by atoms with Crippen molar-refractivity contribution in [3.05, 3.63) is 59.8 Å². The van der Waals surface area contributed by atoms with Gasteiger partial charge in [0.2, 0.25) is 0 Å². The Morgan fingerprint density at radius 2 is 1.85 bits per heavy atom. The van der Waals surface area contributed by atoms with E-state index >= 15 is 0 Å². The average Bonchev–Trinajstić information content (AvgIpc) is 3.50. The van der Waals surface area contributed by atoms with Gasteiger partial charge in [-0.05, 0) is 37.2 Å². The van der Waals surface area contributed by atoms with Crippen LogP contribution in [0.4, 0.5) is 8.78 Å². The molecule has 0 amide bonds. The lowest BCUT2D eigenvalue weighted by atomic mass is 9.88. The third-order valence-electron chi connectivity index (χ3n) is 7.31. The predicted octanol–water partition coefficient (Wildman–Crippen LogP) is 7.88. The number of hydrogen-bond acceptors (Lipinski definition) is 6. The van der Waals surface area contributed by atoms with Crippen LogP contribution in [0.25, 0.3) is 33.3 Å². The van der Waals surface area contributed by atoms with Gasteiger partial charge in [-0.25, -0.2) is 18.7 Å². The van der Waals surface area contributed by atoms with Crippen molar-refractivity contribution < 1.29 is 18.3 Å². The largest absolute Gasteiger partial charge is 0.456 e. The highest BCUT2D eigenvalue weighted by Gasteiger charge is 2.46. The number of aryl methyl sites for hydroxylation is 1. The predicted molar refractivity (Wildman–Crippen MR) is 158 cm³/mol. The average molecular weight is 597 g/mol. The zero-order valence-electron chi connectivity index (χ0n) is 23.4. The molecule has 8 nitrogen and oxygen atoms in total. The van der Waals surface area contributed by atoms with Crippen LogP contribution in [0.15, 0.2) is 48.9 Å². The van der Waals surface area contributed by atoms with Crippen molar-refractivity contribution >= 4 is 41.7 Å². The van der Waals surface area contributed by atoms with Crippen LogP contribution < -0.4 is 4.74 Å². The van der Waals surface area contributed by atoms with E-state index in [1.54, 1.807) is 35.4 Å². The monoisotopic (exact) mass is 596 g/mol. The zero-order valence-corrected chi connectivity index (χ0v) is 25.1. The van der Waals surface area contributed by atoms with Crippen molar-refractivity contribution in [3.63, 3.8) is 0 Å². The SMILES string of the molecule is Cc1nc2ccc(Oc3ccc4ncc(-c5cnn(C6CC(F)(F)C6)c5)nc4c3Cl)cc2n1COCC[Si](C)(C)C. The molecule has 0 spiro atoms. The normalized spacial score (nSPS) is 15.5. The molecular formula is C29H31ClF2N6O2Si. The highest BCUT2D eigenvalue weighted by molar-refractivity contribution is 6.76. The second kappa shape index (κ2) is 10.5. The van der Waals surface area contributed by atoms with Crippen molar-refractivity contribution in [3.8, 4) is 22.8 Å². The van der Waals surface area contributed by atoms with Gasteiger partial charge in [0.25, 0.3) is 5.92 Å². The van der Waals surface area contributed by atoms with E-state index in [1.165, 1.54) is 0 Å². The van der Waals surface area contributed by atoms with Crippen LogP contribution in [0.5, 0.6) is 11.5 Å². The summed E-state index contributed by atoms with van der Waals surface area (Å²) in [5, 5.41) is 4.59. The number of aromatic nitrogens is 6. The summed E-state index contributed by atoms with van der Waals surface area (Å²) in [6.45, 7) is 10.1. The van der Waals surface area contributed by atoms with Crippen LogP contribution in [-0.2, 0) is 11.5 Å². The minimum absolute atomic E-state index is 0.207. The fourth-order valence-corrected chi connectivity index (χ4v) is 5.84. The number of imidazole rings is 1. The summed E-state index contributed by atoms with van der Waals surface area (Å²) < 4.78 is 42.4. The number of halogens is 3. The van der Waals surface area contributed by atoms with Gasteiger partial charge in [0.05, 0.1) is 40.7 Å². The van der Waals surface area contributed by atoms with Gasteiger partial charge in [0.1, 0.15) is 34.6 Å². The molecule has 5 aromatic rings. The molecule has 1 aliphatic rings. The summed E-state index contributed by atoms with van der Waals surface area (Å²) in [5.41, 5.74) is 4.07. The highest BCUT2D eigenvalue weighted by Crippen LogP contribution is 2.45. The number of alkyl halides is 2. The molecule has 41 heavy (non-hydrogen) atoms. The fourth-order valence-electron chi connectivity index (χ4n) is 4.84. The molecule has 214 valence electrons. The Bertz CT molecular complexity index is 1740. The Morgan fingerprint density at radius 3 is 2.61 bits per heavy atom. The maximum atomic E-state index is 13.3. The smallest absolute Gasteiger partial charge is 0.252 e. The lowest BCUT2D eigenvalue weighted by Gasteiger charge is -2.34. The molecular weight excluding hydrogens is 566 g/mol. The first-order valence-electron chi connectivity index (χ1n) is 13.6. The van der Waals surface area contributed by atoms with E-state index in [0.717, 1.165) is 29.5 Å². The highest BCUT2D eigenvalue weighted by atomic mass is 35.5. The molecule has 0 unspecified atom stereocenters. The molecule has 3 aromatic heterocycles. The molecule has 1 aliphatic carbocycles. The van der Waals surface area contributed by atoms with Gasteiger partial charge < -0.3 is 14.0 Å². The van der Waals surface area contributed by atoms with Gasteiger partial charge >= 0.3 is 0 Å². The topological polar surface area (TPSA) is 79.9 Å². The second-order valence-electron chi connectivity index (χ2n) is 11.8. The van der Waals surface area contributed by atoms with Gasteiger partial charge in [-0.1, -0.05) is 31.2 Å². The lowest BCUT2D eigenvalue weighted by Crippen LogP contribution is -2.37. The summed E-state index contributed by atoms with van der Waals surface area (Å²) >= 11 is 6.78. The second-order valence-corrected chi connectivity index (χ2v) is 17.8. The first-order valence-corrected chi connectivity index (χ1v) is 17.6. The number of rotatable bonds is 9. The standard InChI is InChI=1S/C29H31ClF2N6O2Si/c1-18-35-22-6-5-21(11-25(22)37(18)17-39-9-10-41(2,3)4)40-26-8-7-23-28(27(26)30)36-24(15-33-23)19-14-34-38(16-19)20-12-29(31,32)13-20/h5-8,11,14-16,20H,9-10,12-13,17H2,1-4H3. The summed E-state index contributed by atoms with van der Waals surface area (Å²) in [6.07, 6.45) is 4.54. The van der Waals surface area contributed by atoms with Crippen molar-refractivity contribution in [1.29, 1.82) is 0 Å². The van der Waals surface area contributed by atoms with Crippen molar-refractivity contribution in [2.24, 2.45) is 0 Å². The summed E-state index contributed by atoms with van der Waals surface area (Å²) in [4.78, 5) is 13.9. The molecule has 6 rings (SSSR count). The number of fused-ring (bicyclic) bond motifs is 2. The first kappa shape index (κ1) is 27.7. The molecule has 0 N–H and O–H groups in total. The summed E-state index contributed by atoms with van der Waals surface area (Å²) in [7, 11) is -1.18. The van der Waals surface area contributed by atoms with E-state index in [9.17, 15) is 8.78 Å². The molecule has 3 heterocycles.